The standard InChI is InChI=1S/C27H24N4O/c32-27(13-4-1-5-14-27)21-10-8-19(9-11-21)20-16-29-26-24(17-30-31(26)18-20)22-12-15-28-25-7-3-2-6-23(22)25/h2-3,6-12,15-18,32H,1,4-5,13-14H2. The minimum absolute atomic E-state index is 0.677. The van der Waals surface area contributed by atoms with Crippen LogP contribution < -0.4 is 0 Å². The van der Waals surface area contributed by atoms with E-state index in [0.717, 1.165) is 70.1 Å². The fourth-order valence-electron chi connectivity index (χ4n) is 4.94. The van der Waals surface area contributed by atoms with Crippen LogP contribution in [0.5, 0.6) is 0 Å². The lowest BCUT2D eigenvalue weighted by Crippen LogP contribution is -2.28. The highest BCUT2D eigenvalue weighted by molar-refractivity contribution is 5.97. The second-order valence-corrected chi connectivity index (χ2v) is 8.71. The van der Waals surface area contributed by atoms with Crippen LogP contribution in [0.25, 0.3) is 38.8 Å². The third kappa shape index (κ3) is 3.17. The first-order valence-electron chi connectivity index (χ1n) is 11.2. The molecule has 0 radical (unpaired) electrons. The minimum Gasteiger partial charge on any atom is -0.385 e. The van der Waals surface area contributed by atoms with E-state index in [-0.39, 0.29) is 0 Å². The number of aliphatic hydroxyl groups is 1. The maximum absolute atomic E-state index is 11.0. The van der Waals surface area contributed by atoms with E-state index in [1.807, 2.05) is 53.6 Å². The summed E-state index contributed by atoms with van der Waals surface area (Å²) in [5.74, 6) is 0. The second-order valence-electron chi connectivity index (χ2n) is 8.71. The van der Waals surface area contributed by atoms with E-state index in [1.165, 1.54) is 6.42 Å². The van der Waals surface area contributed by atoms with Gasteiger partial charge in [0, 0.05) is 35.1 Å². The van der Waals surface area contributed by atoms with Crippen molar-refractivity contribution in [2.75, 3.05) is 0 Å². The molecule has 1 aliphatic rings. The van der Waals surface area contributed by atoms with Crippen molar-refractivity contribution in [3.8, 4) is 22.3 Å². The van der Waals surface area contributed by atoms with Gasteiger partial charge in [-0.05, 0) is 41.7 Å². The lowest BCUT2D eigenvalue weighted by Gasteiger charge is -2.32. The van der Waals surface area contributed by atoms with E-state index in [1.54, 1.807) is 0 Å². The Labute approximate surface area is 186 Å². The van der Waals surface area contributed by atoms with E-state index >= 15 is 0 Å². The number of aromatic nitrogens is 4. The average molecular weight is 421 g/mol. The van der Waals surface area contributed by atoms with Gasteiger partial charge in [0.15, 0.2) is 5.65 Å². The molecule has 1 fully saturated rings. The molecule has 3 heterocycles. The molecule has 5 nitrogen and oxygen atoms in total. The largest absolute Gasteiger partial charge is 0.385 e. The molecule has 32 heavy (non-hydrogen) atoms. The van der Waals surface area contributed by atoms with Gasteiger partial charge in [-0.25, -0.2) is 9.50 Å². The second kappa shape index (κ2) is 7.53. The van der Waals surface area contributed by atoms with Gasteiger partial charge in [-0.15, -0.1) is 0 Å². The van der Waals surface area contributed by atoms with Crippen LogP contribution in [0.2, 0.25) is 0 Å². The molecule has 6 rings (SSSR count). The lowest BCUT2D eigenvalue weighted by atomic mass is 9.79. The van der Waals surface area contributed by atoms with Crippen molar-refractivity contribution in [3.63, 3.8) is 0 Å². The summed E-state index contributed by atoms with van der Waals surface area (Å²) in [5, 5.41) is 16.7. The van der Waals surface area contributed by atoms with Crippen molar-refractivity contribution in [1.29, 1.82) is 0 Å². The van der Waals surface area contributed by atoms with Gasteiger partial charge in [0.05, 0.1) is 17.3 Å². The van der Waals surface area contributed by atoms with Crippen molar-refractivity contribution >= 4 is 16.6 Å². The van der Waals surface area contributed by atoms with E-state index < -0.39 is 5.60 Å². The number of hydrogen-bond donors (Lipinski definition) is 1. The Hall–Kier alpha value is -3.57. The zero-order valence-electron chi connectivity index (χ0n) is 17.8. The summed E-state index contributed by atoms with van der Waals surface area (Å²) in [7, 11) is 0. The maximum Gasteiger partial charge on any atom is 0.162 e. The number of hydrogen-bond acceptors (Lipinski definition) is 4. The fourth-order valence-corrected chi connectivity index (χ4v) is 4.94. The quantitative estimate of drug-likeness (QED) is 0.403. The summed E-state index contributed by atoms with van der Waals surface area (Å²) in [6, 6.07) is 18.4. The topological polar surface area (TPSA) is 63.3 Å². The minimum atomic E-state index is -0.677. The van der Waals surface area contributed by atoms with E-state index in [2.05, 4.69) is 40.4 Å². The zero-order chi connectivity index (χ0) is 21.5. The lowest BCUT2D eigenvalue weighted by molar-refractivity contribution is -0.000613. The maximum atomic E-state index is 11.0. The highest BCUT2D eigenvalue weighted by atomic mass is 16.3. The van der Waals surface area contributed by atoms with E-state index in [0.29, 0.717) is 0 Å². The Morgan fingerprint density at radius 2 is 1.59 bits per heavy atom. The van der Waals surface area contributed by atoms with Crippen molar-refractivity contribution in [1.82, 2.24) is 19.6 Å². The molecule has 5 heteroatoms. The Morgan fingerprint density at radius 3 is 2.44 bits per heavy atom. The van der Waals surface area contributed by atoms with Gasteiger partial charge in [0.25, 0.3) is 0 Å². The van der Waals surface area contributed by atoms with Gasteiger partial charge in [-0.2, -0.15) is 5.10 Å². The highest BCUT2D eigenvalue weighted by Gasteiger charge is 2.30. The molecule has 1 aliphatic carbocycles. The van der Waals surface area contributed by atoms with Gasteiger partial charge in [0.1, 0.15) is 0 Å². The van der Waals surface area contributed by atoms with Gasteiger partial charge < -0.3 is 5.11 Å². The highest BCUT2D eigenvalue weighted by Crippen LogP contribution is 2.37. The normalized spacial score (nSPS) is 15.9. The van der Waals surface area contributed by atoms with Gasteiger partial charge in [-0.1, -0.05) is 61.7 Å². The Bertz CT molecular complexity index is 1410. The predicted molar refractivity (Wildman–Crippen MR) is 126 cm³/mol. The first-order chi connectivity index (χ1) is 15.7. The first kappa shape index (κ1) is 19.1. The molecule has 0 spiro atoms. The molecule has 2 aromatic carbocycles. The van der Waals surface area contributed by atoms with Crippen LogP contribution in [0.15, 0.2) is 79.4 Å². The number of benzene rings is 2. The van der Waals surface area contributed by atoms with E-state index in [4.69, 9.17) is 4.98 Å². The van der Waals surface area contributed by atoms with Crippen LogP contribution in [-0.4, -0.2) is 24.7 Å². The summed E-state index contributed by atoms with van der Waals surface area (Å²) in [6.07, 6.45) is 12.7. The van der Waals surface area contributed by atoms with Gasteiger partial charge in [0.2, 0.25) is 0 Å². The molecule has 158 valence electrons. The molecule has 0 saturated heterocycles. The molecule has 0 bridgehead atoms. The predicted octanol–water partition coefficient (Wildman–Crippen LogP) is 5.76. The fraction of sp³-hybridized carbons (Fsp3) is 0.222. The number of nitrogens with zero attached hydrogens (tertiary/aromatic N) is 4. The number of para-hydroxylation sites is 1. The number of rotatable bonds is 3. The monoisotopic (exact) mass is 420 g/mol. The molecule has 5 aromatic rings. The van der Waals surface area contributed by atoms with Crippen molar-refractivity contribution in [2.45, 2.75) is 37.7 Å². The van der Waals surface area contributed by atoms with Crippen LogP contribution in [-0.2, 0) is 5.60 Å². The van der Waals surface area contributed by atoms with Gasteiger partial charge >= 0.3 is 0 Å². The SMILES string of the molecule is OC1(c2ccc(-c3cnc4c(-c5ccnc6ccccc56)cnn4c3)cc2)CCCCC1. The number of pyridine rings is 1. The van der Waals surface area contributed by atoms with Crippen molar-refractivity contribution in [2.24, 2.45) is 0 Å². The Kier molecular flexibility index (Phi) is 4.51. The van der Waals surface area contributed by atoms with Crippen LogP contribution in [0.3, 0.4) is 0 Å². The van der Waals surface area contributed by atoms with Crippen LogP contribution >= 0.6 is 0 Å². The van der Waals surface area contributed by atoms with Crippen molar-refractivity contribution < 1.29 is 5.11 Å². The van der Waals surface area contributed by atoms with E-state index in [9.17, 15) is 5.11 Å². The molecule has 3 aromatic heterocycles. The summed E-state index contributed by atoms with van der Waals surface area (Å²) >= 11 is 0. The third-order valence-electron chi connectivity index (χ3n) is 6.73. The zero-order valence-corrected chi connectivity index (χ0v) is 17.8. The Morgan fingerprint density at radius 1 is 0.781 bits per heavy atom. The van der Waals surface area contributed by atoms with Crippen molar-refractivity contribution in [3.05, 3.63) is 84.9 Å². The van der Waals surface area contributed by atoms with Gasteiger partial charge in [-0.3, -0.25) is 4.98 Å². The third-order valence-corrected chi connectivity index (χ3v) is 6.73. The Balaban J connectivity index is 1.36. The summed E-state index contributed by atoms with van der Waals surface area (Å²) < 4.78 is 1.84. The number of fused-ring (bicyclic) bond motifs is 2. The molecule has 0 unspecified atom stereocenters. The molecular weight excluding hydrogens is 396 g/mol. The van der Waals surface area contributed by atoms with Crippen LogP contribution in [0.1, 0.15) is 37.7 Å². The molecule has 1 saturated carbocycles. The molecule has 1 N–H and O–H groups in total. The summed E-state index contributed by atoms with van der Waals surface area (Å²) in [4.78, 5) is 9.22. The molecular formula is C27H24N4O. The van der Waals surface area contributed by atoms with Crippen LogP contribution in [0.4, 0.5) is 0 Å². The molecule has 0 amide bonds. The summed E-state index contributed by atoms with van der Waals surface area (Å²) in [6.45, 7) is 0. The summed E-state index contributed by atoms with van der Waals surface area (Å²) in [5.41, 5.74) is 6.24. The average Bonchev–Trinajstić information content (AvgIpc) is 3.27. The smallest absolute Gasteiger partial charge is 0.162 e. The first-order valence-corrected chi connectivity index (χ1v) is 11.2. The molecule has 0 aliphatic heterocycles. The van der Waals surface area contributed by atoms with Crippen LogP contribution in [0, 0.1) is 0 Å². The molecule has 0 atom stereocenters.